The number of likely N-dealkylation sites (N-methyl/N-ethyl adjacent to an activating group) is 2. The van der Waals surface area contributed by atoms with E-state index in [0.717, 1.165) is 11.0 Å². The Morgan fingerprint density at radius 1 is 1.28 bits per heavy atom. The summed E-state index contributed by atoms with van der Waals surface area (Å²) in [5.41, 5.74) is 4.79. The molecule has 0 aliphatic heterocycles. The number of aliphatic carboxylic acids is 2. The number of phosphoric acid groups is 1. The molecule has 0 fully saturated rings. The number of carboxylic acid groups (broad SMARTS) is 2. The highest BCUT2D eigenvalue weighted by Crippen LogP contribution is 2.35. The van der Waals surface area contributed by atoms with E-state index in [-0.39, 0.29) is 13.2 Å². The SMILES string of the molecule is CN(C)CC(=O)O.C[N+](C)(C)CCO.N[C@@H](COP(=O)(O)O)C(=O)[O-]. The minimum atomic E-state index is -4.63. The number of carbonyl (C=O) groups excluding carboxylic acids is 1. The number of nitrogens with zero attached hydrogens (tertiary/aromatic N) is 2. The summed E-state index contributed by atoms with van der Waals surface area (Å²) in [6.45, 7) is 0.454. The van der Waals surface area contributed by atoms with E-state index in [9.17, 15) is 19.3 Å². The molecule has 0 aliphatic carbocycles. The van der Waals surface area contributed by atoms with E-state index < -0.39 is 32.4 Å². The Bertz CT molecular complexity index is 421. The number of aliphatic hydroxyl groups excluding tert-OH is 1. The molecular weight excluding hydrogens is 361 g/mol. The monoisotopic (exact) mass is 391 g/mol. The average Bonchev–Trinajstić information content (AvgIpc) is 2.33. The maximum Gasteiger partial charge on any atom is 0.469 e. The van der Waals surface area contributed by atoms with Gasteiger partial charge < -0.3 is 40.1 Å². The second-order valence-electron chi connectivity index (χ2n) is 6.08. The summed E-state index contributed by atoms with van der Waals surface area (Å²) < 4.78 is 14.6. The standard InChI is InChI=1S/C5H14NO.C4H9NO2.C3H8NO6P/c1-6(2,3)4-5-7;1-5(2)3-4(6)7;4-2(3(5)6)1-10-11(7,8)9/h7H,4-5H2,1-3H3;3H2,1-2H3,(H,6,7);2H,1,4H2,(H,5,6)(H2,7,8,9)/q+1;;/p-1/t;;2-/m..0/s1. The van der Waals surface area contributed by atoms with Crippen LogP contribution in [0.2, 0.25) is 0 Å². The number of hydrogen-bond donors (Lipinski definition) is 5. The van der Waals surface area contributed by atoms with Crippen molar-refractivity contribution in [2.45, 2.75) is 6.04 Å². The van der Waals surface area contributed by atoms with Crippen molar-refractivity contribution in [1.29, 1.82) is 0 Å². The van der Waals surface area contributed by atoms with E-state index in [1.54, 1.807) is 19.0 Å². The fraction of sp³-hybridized carbons (Fsp3) is 0.833. The molecule has 0 radical (unpaired) electrons. The highest BCUT2D eigenvalue weighted by Gasteiger charge is 2.16. The second kappa shape index (κ2) is 14.1. The van der Waals surface area contributed by atoms with Gasteiger partial charge in [-0.25, -0.2) is 4.57 Å². The Hall–Kier alpha value is -1.11. The van der Waals surface area contributed by atoms with Crippen LogP contribution in [0.5, 0.6) is 0 Å². The first-order valence-electron chi connectivity index (χ1n) is 6.96. The summed E-state index contributed by atoms with van der Waals surface area (Å²) in [5, 5.41) is 26.3. The van der Waals surface area contributed by atoms with Crippen LogP contribution in [0.25, 0.3) is 0 Å². The molecule has 152 valence electrons. The second-order valence-corrected chi connectivity index (χ2v) is 7.32. The normalized spacial score (nSPS) is 12.4. The maximum atomic E-state index is 9.96. The van der Waals surface area contributed by atoms with Gasteiger partial charge in [0.15, 0.2) is 0 Å². The minimum absolute atomic E-state index is 0.111. The van der Waals surface area contributed by atoms with Gasteiger partial charge in [0.05, 0.1) is 52.9 Å². The lowest BCUT2D eigenvalue weighted by Gasteiger charge is -2.21. The van der Waals surface area contributed by atoms with E-state index in [1.807, 2.05) is 0 Å². The van der Waals surface area contributed by atoms with Crippen LogP contribution in [0, 0.1) is 0 Å². The van der Waals surface area contributed by atoms with Crippen molar-refractivity contribution in [3.63, 3.8) is 0 Å². The van der Waals surface area contributed by atoms with Gasteiger partial charge in [0, 0.05) is 0 Å². The van der Waals surface area contributed by atoms with Crippen LogP contribution in [-0.4, -0.2) is 109 Å². The predicted molar refractivity (Wildman–Crippen MR) is 87.2 cm³/mol. The molecule has 0 spiro atoms. The van der Waals surface area contributed by atoms with E-state index in [4.69, 9.17) is 25.7 Å². The summed E-state index contributed by atoms with van der Waals surface area (Å²) in [6.07, 6.45) is 0. The number of quaternary nitrogens is 1. The van der Waals surface area contributed by atoms with Crippen molar-refractivity contribution < 1.29 is 48.3 Å². The highest BCUT2D eigenvalue weighted by molar-refractivity contribution is 7.46. The van der Waals surface area contributed by atoms with Crippen LogP contribution in [0.4, 0.5) is 0 Å². The molecule has 0 aromatic heterocycles. The lowest BCUT2D eigenvalue weighted by molar-refractivity contribution is -0.870. The zero-order valence-corrected chi connectivity index (χ0v) is 16.0. The first-order valence-corrected chi connectivity index (χ1v) is 8.49. The largest absolute Gasteiger partial charge is 0.548 e. The smallest absolute Gasteiger partial charge is 0.469 e. The molecule has 0 heterocycles. The number of aliphatic hydroxyl groups is 1. The summed E-state index contributed by atoms with van der Waals surface area (Å²) >= 11 is 0. The Morgan fingerprint density at radius 3 is 1.84 bits per heavy atom. The van der Waals surface area contributed by atoms with Gasteiger partial charge in [0.2, 0.25) is 0 Å². The third kappa shape index (κ3) is 35.0. The van der Waals surface area contributed by atoms with Gasteiger partial charge in [0.25, 0.3) is 0 Å². The van der Waals surface area contributed by atoms with Crippen molar-refractivity contribution in [2.24, 2.45) is 5.73 Å². The van der Waals surface area contributed by atoms with Crippen molar-refractivity contribution in [2.75, 3.05) is 61.5 Å². The number of carboxylic acids is 2. The van der Waals surface area contributed by atoms with Gasteiger partial charge in [-0.1, -0.05) is 0 Å². The molecule has 0 saturated heterocycles. The third-order valence-electron chi connectivity index (χ3n) is 1.95. The number of phosphoric ester groups is 1. The molecular formula is C12H30N3O9P. The topological polar surface area (TPSA) is 194 Å². The Morgan fingerprint density at radius 2 is 1.72 bits per heavy atom. The lowest BCUT2D eigenvalue weighted by Crippen LogP contribution is -2.44. The summed E-state index contributed by atoms with van der Waals surface area (Å²) in [7, 11) is 4.96. The molecule has 0 rings (SSSR count). The van der Waals surface area contributed by atoms with Crippen LogP contribution < -0.4 is 10.8 Å². The van der Waals surface area contributed by atoms with Crippen molar-refractivity contribution in [1.82, 2.24) is 4.90 Å². The maximum absolute atomic E-state index is 9.96. The van der Waals surface area contributed by atoms with Crippen molar-refractivity contribution in [3.05, 3.63) is 0 Å². The molecule has 0 amide bonds. The molecule has 0 aromatic rings. The lowest BCUT2D eigenvalue weighted by atomic mass is 10.3. The molecule has 0 saturated carbocycles. The predicted octanol–water partition coefficient (Wildman–Crippen LogP) is -3.51. The van der Waals surface area contributed by atoms with E-state index in [0.29, 0.717) is 0 Å². The number of rotatable bonds is 8. The van der Waals surface area contributed by atoms with Gasteiger partial charge in [-0.3, -0.25) is 14.2 Å². The average molecular weight is 391 g/mol. The molecule has 25 heavy (non-hydrogen) atoms. The minimum Gasteiger partial charge on any atom is -0.548 e. The number of nitrogens with two attached hydrogens (primary N) is 1. The van der Waals surface area contributed by atoms with Crippen LogP contribution in [0.1, 0.15) is 0 Å². The van der Waals surface area contributed by atoms with E-state index in [1.165, 1.54) is 0 Å². The van der Waals surface area contributed by atoms with E-state index >= 15 is 0 Å². The molecule has 0 aliphatic rings. The van der Waals surface area contributed by atoms with Crippen LogP contribution in [-0.2, 0) is 18.7 Å². The Kier molecular flexibility index (Phi) is 16.2. The van der Waals surface area contributed by atoms with Crippen LogP contribution in [0.3, 0.4) is 0 Å². The van der Waals surface area contributed by atoms with Gasteiger partial charge in [0.1, 0.15) is 6.54 Å². The molecule has 0 aromatic carbocycles. The van der Waals surface area contributed by atoms with Crippen LogP contribution >= 0.6 is 7.82 Å². The Labute approximate surface area is 147 Å². The number of hydrogen-bond acceptors (Lipinski definition) is 8. The van der Waals surface area contributed by atoms with Crippen molar-refractivity contribution in [3.8, 4) is 0 Å². The van der Waals surface area contributed by atoms with Gasteiger partial charge in [-0.05, 0) is 14.1 Å². The molecule has 0 bridgehead atoms. The summed E-state index contributed by atoms with van der Waals surface area (Å²) in [5.74, 6) is -2.41. The summed E-state index contributed by atoms with van der Waals surface area (Å²) in [6, 6.07) is -1.53. The fourth-order valence-corrected chi connectivity index (χ4v) is 1.17. The van der Waals surface area contributed by atoms with E-state index in [2.05, 4.69) is 25.7 Å². The molecule has 12 nitrogen and oxygen atoms in total. The fourth-order valence-electron chi connectivity index (χ4n) is 0.816. The quantitative estimate of drug-likeness (QED) is 0.203. The first kappa shape index (κ1) is 28.7. The summed E-state index contributed by atoms with van der Waals surface area (Å²) in [4.78, 5) is 37.4. The Balaban J connectivity index is -0.000000304. The highest BCUT2D eigenvalue weighted by atomic mass is 31.2. The molecule has 6 N–H and O–H groups in total. The van der Waals surface area contributed by atoms with Crippen molar-refractivity contribution >= 4 is 19.8 Å². The molecule has 1 atom stereocenters. The van der Waals surface area contributed by atoms with Gasteiger partial charge in [-0.15, -0.1) is 0 Å². The third-order valence-corrected chi connectivity index (χ3v) is 2.43. The van der Waals surface area contributed by atoms with Crippen LogP contribution in [0.15, 0.2) is 0 Å². The van der Waals surface area contributed by atoms with Gasteiger partial charge in [-0.2, -0.15) is 0 Å². The number of carbonyl (C=O) groups is 2. The molecule has 0 unspecified atom stereocenters. The first-order chi connectivity index (χ1) is 11.0. The van der Waals surface area contributed by atoms with Gasteiger partial charge >= 0.3 is 13.8 Å². The zero-order chi connectivity index (χ0) is 20.8. The zero-order valence-electron chi connectivity index (χ0n) is 15.2. The molecule has 13 heteroatoms.